The molecule has 100 valence electrons. The normalized spacial score (nSPS) is 14.4. The number of hydrogen-bond donors (Lipinski definition) is 2. The minimum absolute atomic E-state index is 0.00182. The third kappa shape index (κ3) is 5.93. The van der Waals surface area contributed by atoms with E-state index in [0.29, 0.717) is 0 Å². The Labute approximate surface area is 106 Å². The summed E-state index contributed by atoms with van der Waals surface area (Å²) in [5.41, 5.74) is 0. The molecule has 0 spiro atoms. The Kier molecular flexibility index (Phi) is 7.99. The number of rotatable bonds is 8. The van der Waals surface area contributed by atoms with Crippen LogP contribution in [0.15, 0.2) is 0 Å². The van der Waals surface area contributed by atoms with Gasteiger partial charge in [0, 0.05) is 7.11 Å². The van der Waals surface area contributed by atoms with Crippen molar-refractivity contribution >= 4 is 23.6 Å². The topological polar surface area (TPSA) is 75.6 Å². The van der Waals surface area contributed by atoms with Gasteiger partial charge in [-0.25, -0.2) is 4.79 Å². The van der Waals surface area contributed by atoms with Gasteiger partial charge in [-0.1, -0.05) is 20.8 Å². The Morgan fingerprint density at radius 2 is 2.00 bits per heavy atom. The quantitative estimate of drug-likeness (QED) is 0.683. The lowest BCUT2D eigenvalue weighted by Gasteiger charge is -2.20. The molecule has 0 aliphatic carbocycles. The molecule has 0 aliphatic rings. The molecule has 0 heterocycles. The van der Waals surface area contributed by atoms with E-state index in [-0.39, 0.29) is 23.6 Å². The first-order chi connectivity index (χ1) is 7.93. The predicted octanol–water partition coefficient (Wildman–Crippen LogP) is 0.980. The molecule has 0 aliphatic heterocycles. The van der Waals surface area contributed by atoms with E-state index < -0.39 is 12.1 Å². The standard InChI is InChI=1S/C11H21NO4S/c1-5-17-9(7(2)3)10(13)12-6-8(16-4)11(14)15/h7-9H,5-6H2,1-4H3,(H,12,13)(H,14,15). The van der Waals surface area contributed by atoms with Gasteiger partial charge in [-0.2, -0.15) is 0 Å². The molecule has 2 N–H and O–H groups in total. The molecule has 0 aromatic carbocycles. The number of nitrogens with one attached hydrogen (secondary N) is 1. The Morgan fingerprint density at radius 1 is 1.41 bits per heavy atom. The van der Waals surface area contributed by atoms with E-state index in [2.05, 4.69) is 5.32 Å². The zero-order chi connectivity index (χ0) is 13.4. The molecule has 0 aromatic rings. The second kappa shape index (κ2) is 8.36. The van der Waals surface area contributed by atoms with Crippen LogP contribution in [-0.2, 0) is 14.3 Å². The van der Waals surface area contributed by atoms with Gasteiger partial charge in [0.2, 0.25) is 5.91 Å². The average molecular weight is 263 g/mol. The maximum atomic E-state index is 11.8. The molecule has 2 unspecified atom stereocenters. The Balaban J connectivity index is 4.26. The van der Waals surface area contributed by atoms with Crippen molar-refractivity contribution in [1.82, 2.24) is 5.32 Å². The highest BCUT2D eigenvalue weighted by molar-refractivity contribution is 8.00. The predicted molar refractivity (Wildman–Crippen MR) is 68.2 cm³/mol. The number of carboxylic acids is 1. The number of aliphatic carboxylic acids is 1. The van der Waals surface area contributed by atoms with Gasteiger partial charge in [0.05, 0.1) is 11.8 Å². The Bertz CT molecular complexity index is 258. The van der Waals surface area contributed by atoms with Gasteiger partial charge >= 0.3 is 5.97 Å². The molecule has 0 fully saturated rings. The minimum Gasteiger partial charge on any atom is -0.479 e. The average Bonchev–Trinajstić information content (AvgIpc) is 2.25. The molecule has 0 rings (SSSR count). The van der Waals surface area contributed by atoms with E-state index in [1.165, 1.54) is 7.11 Å². The van der Waals surface area contributed by atoms with Crippen molar-refractivity contribution in [2.45, 2.75) is 32.1 Å². The zero-order valence-corrected chi connectivity index (χ0v) is 11.5. The Hall–Kier alpha value is -0.750. The van der Waals surface area contributed by atoms with Gasteiger partial charge in [-0.15, -0.1) is 11.8 Å². The van der Waals surface area contributed by atoms with Crippen LogP contribution in [0, 0.1) is 5.92 Å². The van der Waals surface area contributed by atoms with Crippen LogP contribution < -0.4 is 5.32 Å². The lowest BCUT2D eigenvalue weighted by molar-refractivity contribution is -0.148. The van der Waals surface area contributed by atoms with Crippen molar-refractivity contribution in [2.24, 2.45) is 5.92 Å². The summed E-state index contributed by atoms with van der Waals surface area (Å²) in [6, 6.07) is 0. The lowest BCUT2D eigenvalue weighted by atomic mass is 10.1. The van der Waals surface area contributed by atoms with Gasteiger partial charge in [0.1, 0.15) is 0 Å². The fraction of sp³-hybridized carbons (Fsp3) is 0.818. The minimum atomic E-state index is -1.07. The summed E-state index contributed by atoms with van der Waals surface area (Å²) in [4.78, 5) is 22.5. The maximum absolute atomic E-state index is 11.8. The van der Waals surface area contributed by atoms with Crippen LogP contribution in [-0.4, -0.2) is 47.7 Å². The number of thioether (sulfide) groups is 1. The van der Waals surface area contributed by atoms with E-state index in [9.17, 15) is 9.59 Å². The first-order valence-electron chi connectivity index (χ1n) is 5.58. The van der Waals surface area contributed by atoms with Crippen LogP contribution in [0.5, 0.6) is 0 Å². The molecular formula is C11H21NO4S. The van der Waals surface area contributed by atoms with Crippen molar-refractivity contribution in [1.29, 1.82) is 0 Å². The van der Waals surface area contributed by atoms with Gasteiger partial charge in [-0.3, -0.25) is 4.79 Å². The summed E-state index contributed by atoms with van der Waals surface area (Å²) in [5.74, 6) is -0.138. The maximum Gasteiger partial charge on any atom is 0.334 e. The van der Waals surface area contributed by atoms with E-state index in [4.69, 9.17) is 9.84 Å². The van der Waals surface area contributed by atoms with Gasteiger partial charge in [0.15, 0.2) is 6.10 Å². The molecule has 0 saturated carbocycles. The third-order valence-electron chi connectivity index (χ3n) is 2.23. The third-order valence-corrected chi connectivity index (χ3v) is 3.68. The first kappa shape index (κ1) is 16.2. The largest absolute Gasteiger partial charge is 0.479 e. The number of carbonyl (C=O) groups excluding carboxylic acids is 1. The summed E-state index contributed by atoms with van der Waals surface area (Å²) in [6.45, 7) is 5.93. The van der Waals surface area contributed by atoms with Crippen molar-refractivity contribution in [3.8, 4) is 0 Å². The molecule has 6 heteroatoms. The highest BCUT2D eigenvalue weighted by Crippen LogP contribution is 2.19. The number of carbonyl (C=O) groups is 2. The highest BCUT2D eigenvalue weighted by atomic mass is 32.2. The van der Waals surface area contributed by atoms with Gasteiger partial charge in [-0.05, 0) is 11.7 Å². The Morgan fingerprint density at radius 3 is 2.35 bits per heavy atom. The number of amides is 1. The van der Waals surface area contributed by atoms with Crippen molar-refractivity contribution in [3.63, 3.8) is 0 Å². The van der Waals surface area contributed by atoms with E-state index in [1.807, 2.05) is 20.8 Å². The number of ether oxygens (including phenoxy) is 1. The van der Waals surface area contributed by atoms with Crippen LogP contribution in [0.3, 0.4) is 0 Å². The summed E-state index contributed by atoms with van der Waals surface area (Å²) >= 11 is 1.56. The highest BCUT2D eigenvalue weighted by Gasteiger charge is 2.24. The second-order valence-corrected chi connectivity index (χ2v) is 5.35. The summed E-state index contributed by atoms with van der Waals surface area (Å²) in [6.07, 6.45) is -0.988. The molecule has 17 heavy (non-hydrogen) atoms. The monoisotopic (exact) mass is 263 g/mol. The molecule has 0 radical (unpaired) electrons. The van der Waals surface area contributed by atoms with Crippen molar-refractivity contribution in [2.75, 3.05) is 19.4 Å². The molecule has 1 amide bonds. The summed E-state index contributed by atoms with van der Waals surface area (Å²) in [5, 5.41) is 11.2. The first-order valence-corrected chi connectivity index (χ1v) is 6.63. The lowest BCUT2D eigenvalue weighted by Crippen LogP contribution is -2.42. The number of methoxy groups -OCH3 is 1. The van der Waals surface area contributed by atoms with Crippen molar-refractivity contribution in [3.05, 3.63) is 0 Å². The zero-order valence-electron chi connectivity index (χ0n) is 10.7. The van der Waals surface area contributed by atoms with Crippen LogP contribution in [0.25, 0.3) is 0 Å². The van der Waals surface area contributed by atoms with Crippen LogP contribution in [0.2, 0.25) is 0 Å². The summed E-state index contributed by atoms with van der Waals surface area (Å²) in [7, 11) is 1.31. The van der Waals surface area contributed by atoms with Crippen LogP contribution in [0.1, 0.15) is 20.8 Å². The molecule has 2 atom stereocenters. The fourth-order valence-electron chi connectivity index (χ4n) is 1.32. The van der Waals surface area contributed by atoms with Gasteiger partial charge < -0.3 is 15.2 Å². The second-order valence-electron chi connectivity index (χ2n) is 3.93. The van der Waals surface area contributed by atoms with E-state index >= 15 is 0 Å². The number of carboxylic acid groups (broad SMARTS) is 1. The number of hydrogen-bond acceptors (Lipinski definition) is 4. The SMILES string of the molecule is CCSC(C(=O)NCC(OC)C(=O)O)C(C)C. The van der Waals surface area contributed by atoms with Crippen LogP contribution >= 0.6 is 11.8 Å². The van der Waals surface area contributed by atoms with Gasteiger partial charge in [0.25, 0.3) is 0 Å². The van der Waals surface area contributed by atoms with Crippen molar-refractivity contribution < 1.29 is 19.4 Å². The fourth-order valence-corrected chi connectivity index (χ4v) is 2.29. The van der Waals surface area contributed by atoms with Crippen LogP contribution in [0.4, 0.5) is 0 Å². The molecular weight excluding hydrogens is 242 g/mol. The van der Waals surface area contributed by atoms with E-state index in [0.717, 1.165) is 5.75 Å². The molecule has 0 bridgehead atoms. The molecule has 0 aromatic heterocycles. The van der Waals surface area contributed by atoms with E-state index in [1.54, 1.807) is 11.8 Å². The summed E-state index contributed by atoms with van der Waals surface area (Å²) < 4.78 is 4.74. The smallest absolute Gasteiger partial charge is 0.334 e. The molecule has 0 saturated heterocycles. The molecule has 5 nitrogen and oxygen atoms in total.